The van der Waals surface area contributed by atoms with Crippen LogP contribution >= 0.6 is 0 Å². The first-order valence-electron chi connectivity index (χ1n) is 7.27. The van der Waals surface area contributed by atoms with Gasteiger partial charge >= 0.3 is 5.97 Å². The Balaban J connectivity index is 1.62. The van der Waals surface area contributed by atoms with Crippen LogP contribution in [0.4, 0.5) is 0 Å². The van der Waals surface area contributed by atoms with E-state index in [1.807, 2.05) is 24.4 Å². The van der Waals surface area contributed by atoms with E-state index in [4.69, 9.17) is 5.11 Å². The number of carboxylic acid groups (broad SMARTS) is 1. The van der Waals surface area contributed by atoms with Crippen molar-refractivity contribution in [2.75, 3.05) is 0 Å². The molecule has 1 amide bonds. The number of nitrogens with zero attached hydrogens (tertiary/aromatic N) is 2. The fraction of sp³-hybridized carbons (Fsp3) is 0.312. The molecule has 0 aliphatic heterocycles. The second-order valence-electron chi connectivity index (χ2n) is 5.52. The van der Waals surface area contributed by atoms with Crippen molar-refractivity contribution >= 4 is 11.9 Å². The molecule has 1 heterocycles. The maximum Gasteiger partial charge on any atom is 0.306 e. The molecule has 114 valence electrons. The van der Waals surface area contributed by atoms with Crippen molar-refractivity contribution in [2.24, 2.45) is 5.92 Å². The number of nitrogens with one attached hydrogen (secondary N) is 1. The van der Waals surface area contributed by atoms with Gasteiger partial charge in [0, 0.05) is 24.0 Å². The molecule has 0 bridgehead atoms. The number of aliphatic carboxylic acids is 1. The van der Waals surface area contributed by atoms with Crippen LogP contribution in [-0.4, -0.2) is 32.8 Å². The summed E-state index contributed by atoms with van der Waals surface area (Å²) < 4.78 is 1.72. The van der Waals surface area contributed by atoms with Gasteiger partial charge < -0.3 is 10.4 Å². The molecule has 0 unspecified atom stereocenters. The van der Waals surface area contributed by atoms with Crippen LogP contribution in [0, 0.1) is 5.92 Å². The standard InChI is InChI=1S/C16H17N3O3/c20-15(18-13-5-2-12(10-13)16(21)22)11-3-6-14(7-4-11)19-9-1-8-17-19/h1,3-4,6-9,12-13H,2,5,10H2,(H,18,20)(H,21,22)/t12-,13+/m0/s1. The quantitative estimate of drug-likeness (QED) is 0.902. The van der Waals surface area contributed by atoms with E-state index in [9.17, 15) is 9.59 Å². The molecule has 1 fully saturated rings. The second kappa shape index (κ2) is 6.01. The van der Waals surface area contributed by atoms with E-state index in [1.165, 1.54) is 0 Å². The van der Waals surface area contributed by atoms with Crippen molar-refractivity contribution in [1.82, 2.24) is 15.1 Å². The molecule has 2 aromatic rings. The number of aromatic nitrogens is 2. The highest BCUT2D eigenvalue weighted by molar-refractivity contribution is 5.94. The first-order valence-corrected chi connectivity index (χ1v) is 7.27. The molecule has 6 heteroatoms. The van der Waals surface area contributed by atoms with E-state index in [1.54, 1.807) is 23.0 Å². The Kier molecular flexibility index (Phi) is 3.91. The molecule has 1 aromatic carbocycles. The molecule has 0 saturated heterocycles. The Morgan fingerprint density at radius 2 is 2.00 bits per heavy atom. The zero-order valence-electron chi connectivity index (χ0n) is 12.0. The van der Waals surface area contributed by atoms with Gasteiger partial charge in [0.2, 0.25) is 0 Å². The average Bonchev–Trinajstić information content (AvgIpc) is 3.19. The van der Waals surface area contributed by atoms with Crippen molar-refractivity contribution in [3.05, 3.63) is 48.3 Å². The number of amides is 1. The highest BCUT2D eigenvalue weighted by Crippen LogP contribution is 2.25. The monoisotopic (exact) mass is 299 g/mol. The summed E-state index contributed by atoms with van der Waals surface area (Å²) in [5.41, 5.74) is 1.45. The molecule has 3 rings (SSSR count). The third-order valence-electron chi connectivity index (χ3n) is 4.02. The summed E-state index contributed by atoms with van der Waals surface area (Å²) in [5.74, 6) is -1.28. The number of carboxylic acids is 1. The predicted octanol–water partition coefficient (Wildman–Crippen LogP) is 1.86. The summed E-state index contributed by atoms with van der Waals surface area (Å²) in [6.45, 7) is 0. The van der Waals surface area contributed by atoms with Crippen molar-refractivity contribution in [2.45, 2.75) is 25.3 Å². The summed E-state index contributed by atoms with van der Waals surface area (Å²) in [7, 11) is 0. The lowest BCUT2D eigenvalue weighted by Crippen LogP contribution is -2.33. The van der Waals surface area contributed by atoms with Crippen LogP contribution in [0.5, 0.6) is 0 Å². The third kappa shape index (κ3) is 3.00. The van der Waals surface area contributed by atoms with E-state index in [2.05, 4.69) is 10.4 Å². The van der Waals surface area contributed by atoms with Gasteiger partial charge in [-0.25, -0.2) is 4.68 Å². The van der Waals surface area contributed by atoms with E-state index in [-0.39, 0.29) is 17.9 Å². The highest BCUT2D eigenvalue weighted by atomic mass is 16.4. The molecule has 0 spiro atoms. The highest BCUT2D eigenvalue weighted by Gasteiger charge is 2.30. The number of hydrogen-bond donors (Lipinski definition) is 2. The van der Waals surface area contributed by atoms with Crippen LogP contribution in [0.2, 0.25) is 0 Å². The lowest BCUT2D eigenvalue weighted by Gasteiger charge is -2.12. The molecular weight excluding hydrogens is 282 g/mol. The van der Waals surface area contributed by atoms with Crippen LogP contribution in [0.25, 0.3) is 5.69 Å². The molecule has 1 aliphatic carbocycles. The van der Waals surface area contributed by atoms with Gasteiger partial charge in [-0.1, -0.05) is 0 Å². The number of hydrogen-bond acceptors (Lipinski definition) is 3. The van der Waals surface area contributed by atoms with Gasteiger partial charge in [0.05, 0.1) is 11.6 Å². The Hall–Kier alpha value is -2.63. The number of rotatable bonds is 4. The zero-order valence-corrected chi connectivity index (χ0v) is 12.0. The van der Waals surface area contributed by atoms with Gasteiger partial charge in [-0.05, 0) is 49.6 Å². The maximum atomic E-state index is 12.2. The molecule has 0 radical (unpaired) electrons. The Bertz CT molecular complexity index is 664. The normalized spacial score (nSPS) is 20.7. The average molecular weight is 299 g/mol. The van der Waals surface area contributed by atoms with Crippen LogP contribution < -0.4 is 5.32 Å². The molecule has 1 aromatic heterocycles. The fourth-order valence-electron chi connectivity index (χ4n) is 2.79. The third-order valence-corrected chi connectivity index (χ3v) is 4.02. The Morgan fingerprint density at radius 3 is 2.59 bits per heavy atom. The summed E-state index contributed by atoms with van der Waals surface area (Å²) >= 11 is 0. The Morgan fingerprint density at radius 1 is 1.23 bits per heavy atom. The smallest absolute Gasteiger partial charge is 0.306 e. The first-order chi connectivity index (χ1) is 10.6. The van der Waals surface area contributed by atoms with Crippen LogP contribution in [0.3, 0.4) is 0 Å². The predicted molar refractivity (Wildman–Crippen MR) is 79.8 cm³/mol. The van der Waals surface area contributed by atoms with Gasteiger partial charge in [0.1, 0.15) is 0 Å². The van der Waals surface area contributed by atoms with Crippen molar-refractivity contribution in [3.8, 4) is 5.69 Å². The van der Waals surface area contributed by atoms with Crippen molar-refractivity contribution in [3.63, 3.8) is 0 Å². The second-order valence-corrected chi connectivity index (χ2v) is 5.52. The molecule has 2 atom stereocenters. The largest absolute Gasteiger partial charge is 0.481 e. The summed E-state index contributed by atoms with van der Waals surface area (Å²) in [6.07, 6.45) is 5.37. The first kappa shape index (κ1) is 14.3. The van der Waals surface area contributed by atoms with Gasteiger partial charge in [0.15, 0.2) is 0 Å². The van der Waals surface area contributed by atoms with Gasteiger partial charge in [-0.3, -0.25) is 9.59 Å². The molecule has 6 nitrogen and oxygen atoms in total. The Labute approximate surface area is 127 Å². The summed E-state index contributed by atoms with van der Waals surface area (Å²) in [4.78, 5) is 23.1. The van der Waals surface area contributed by atoms with Crippen molar-refractivity contribution in [1.29, 1.82) is 0 Å². The van der Waals surface area contributed by atoms with E-state index >= 15 is 0 Å². The van der Waals surface area contributed by atoms with Crippen molar-refractivity contribution < 1.29 is 14.7 Å². The minimum atomic E-state index is -0.777. The molecule has 22 heavy (non-hydrogen) atoms. The number of carbonyl (C=O) groups excluding carboxylic acids is 1. The van der Waals surface area contributed by atoms with E-state index in [0.29, 0.717) is 24.8 Å². The lowest BCUT2D eigenvalue weighted by atomic mass is 10.1. The van der Waals surface area contributed by atoms with Crippen LogP contribution in [0.15, 0.2) is 42.7 Å². The topological polar surface area (TPSA) is 84.2 Å². The van der Waals surface area contributed by atoms with E-state index < -0.39 is 5.97 Å². The summed E-state index contributed by atoms with van der Waals surface area (Å²) in [5, 5.41) is 16.0. The van der Waals surface area contributed by atoms with Gasteiger partial charge in [-0.2, -0.15) is 5.10 Å². The number of carbonyl (C=O) groups is 2. The number of benzene rings is 1. The summed E-state index contributed by atoms with van der Waals surface area (Å²) in [6, 6.07) is 8.93. The molecule has 1 aliphatic rings. The van der Waals surface area contributed by atoms with Crippen LogP contribution in [-0.2, 0) is 4.79 Å². The van der Waals surface area contributed by atoms with Gasteiger partial charge in [-0.15, -0.1) is 0 Å². The van der Waals surface area contributed by atoms with E-state index in [0.717, 1.165) is 5.69 Å². The van der Waals surface area contributed by atoms with Gasteiger partial charge in [0.25, 0.3) is 5.91 Å². The van der Waals surface area contributed by atoms with Crippen LogP contribution in [0.1, 0.15) is 29.6 Å². The lowest BCUT2D eigenvalue weighted by molar-refractivity contribution is -0.141. The SMILES string of the molecule is O=C(N[C@@H]1CC[C@H](C(=O)O)C1)c1ccc(-n2cccn2)cc1. The molecule has 2 N–H and O–H groups in total. The minimum Gasteiger partial charge on any atom is -0.481 e. The molecule has 1 saturated carbocycles. The maximum absolute atomic E-state index is 12.2. The zero-order chi connectivity index (χ0) is 15.5. The fourth-order valence-corrected chi connectivity index (χ4v) is 2.79. The minimum absolute atomic E-state index is 0.0561. The molecular formula is C16H17N3O3.